The predicted molar refractivity (Wildman–Crippen MR) is 125 cm³/mol. The number of benzene rings is 2. The summed E-state index contributed by atoms with van der Waals surface area (Å²) in [7, 11) is 0. The molecule has 1 saturated heterocycles. The highest BCUT2D eigenvalue weighted by atomic mass is 19.1. The van der Waals surface area contributed by atoms with Gasteiger partial charge in [0, 0.05) is 24.7 Å². The zero-order chi connectivity index (χ0) is 22.3. The van der Waals surface area contributed by atoms with Gasteiger partial charge in [0.25, 0.3) is 0 Å². The second-order valence-electron chi connectivity index (χ2n) is 8.50. The van der Waals surface area contributed by atoms with E-state index in [2.05, 4.69) is 39.5 Å². The number of nitrogens with zero attached hydrogens (tertiary/aromatic N) is 3. The molecule has 0 aliphatic carbocycles. The van der Waals surface area contributed by atoms with Gasteiger partial charge in [-0.05, 0) is 74.6 Å². The number of aromatic nitrogens is 2. The summed E-state index contributed by atoms with van der Waals surface area (Å²) < 4.78 is 13.1. The van der Waals surface area contributed by atoms with Gasteiger partial charge in [-0.1, -0.05) is 30.3 Å². The molecule has 4 rings (SSSR count). The molecule has 0 saturated carbocycles. The number of piperidine rings is 1. The molecule has 2 heterocycles. The van der Waals surface area contributed by atoms with Crippen LogP contribution in [0, 0.1) is 11.7 Å². The van der Waals surface area contributed by atoms with Crippen LogP contribution in [-0.4, -0.2) is 35.2 Å². The lowest BCUT2D eigenvalue weighted by molar-refractivity contribution is -0.125. The normalized spacial score (nSPS) is 17.1. The van der Waals surface area contributed by atoms with E-state index in [0.717, 1.165) is 43.6 Å². The first-order chi connectivity index (χ1) is 15.6. The Morgan fingerprint density at radius 2 is 1.88 bits per heavy atom. The highest BCUT2D eigenvalue weighted by Gasteiger charge is 2.27. The summed E-state index contributed by atoms with van der Waals surface area (Å²) in [6, 6.07) is 20.5. The fourth-order valence-corrected chi connectivity index (χ4v) is 4.13. The molecule has 32 heavy (non-hydrogen) atoms. The summed E-state index contributed by atoms with van der Waals surface area (Å²) in [6.07, 6.45) is 3.70. The van der Waals surface area contributed by atoms with E-state index in [0.29, 0.717) is 12.2 Å². The van der Waals surface area contributed by atoms with Crippen LogP contribution in [0.1, 0.15) is 31.7 Å². The van der Waals surface area contributed by atoms with Crippen molar-refractivity contribution < 1.29 is 9.18 Å². The number of halogens is 1. The quantitative estimate of drug-likeness (QED) is 0.591. The minimum absolute atomic E-state index is 0.0542. The number of amides is 1. The molecule has 1 fully saturated rings. The zero-order valence-corrected chi connectivity index (χ0v) is 18.4. The van der Waals surface area contributed by atoms with E-state index in [-0.39, 0.29) is 23.7 Å². The molecule has 2 atom stereocenters. The summed E-state index contributed by atoms with van der Waals surface area (Å²) in [5.74, 6) is 0.559. The van der Waals surface area contributed by atoms with Crippen molar-refractivity contribution in [3.05, 3.63) is 78.1 Å². The van der Waals surface area contributed by atoms with Crippen LogP contribution < -0.4 is 10.2 Å². The van der Waals surface area contributed by atoms with E-state index in [1.165, 1.54) is 17.7 Å². The van der Waals surface area contributed by atoms with Crippen LogP contribution in [0.3, 0.4) is 0 Å². The Labute approximate surface area is 188 Å². The summed E-state index contributed by atoms with van der Waals surface area (Å²) in [6.45, 7) is 3.57. The molecule has 1 aliphatic rings. The third-order valence-corrected chi connectivity index (χ3v) is 6.00. The second-order valence-corrected chi connectivity index (χ2v) is 8.50. The Morgan fingerprint density at radius 1 is 1.09 bits per heavy atom. The van der Waals surface area contributed by atoms with Crippen molar-refractivity contribution in [1.82, 2.24) is 15.5 Å². The molecule has 1 amide bonds. The molecule has 166 valence electrons. The fraction of sp³-hybridized carbons (Fsp3) is 0.346. The SMILES string of the molecule is CC(CCc1ccccc1)NC(=O)C1CCCN(c2ccc(-c3ccc(F)cc3)nn2)C1. The van der Waals surface area contributed by atoms with Gasteiger partial charge in [-0.2, -0.15) is 0 Å². The van der Waals surface area contributed by atoms with Gasteiger partial charge >= 0.3 is 0 Å². The minimum atomic E-state index is -0.273. The van der Waals surface area contributed by atoms with Gasteiger partial charge in [0.1, 0.15) is 5.82 Å². The number of anilines is 1. The van der Waals surface area contributed by atoms with Crippen LogP contribution >= 0.6 is 0 Å². The Kier molecular flexibility index (Phi) is 7.10. The molecule has 1 N–H and O–H groups in total. The van der Waals surface area contributed by atoms with E-state index < -0.39 is 0 Å². The van der Waals surface area contributed by atoms with Gasteiger partial charge in [0.05, 0.1) is 11.6 Å². The first-order valence-corrected chi connectivity index (χ1v) is 11.3. The topological polar surface area (TPSA) is 58.1 Å². The molecule has 1 aromatic heterocycles. The zero-order valence-electron chi connectivity index (χ0n) is 18.4. The Bertz CT molecular complexity index is 1010. The molecule has 3 aromatic rings. The van der Waals surface area contributed by atoms with Crippen LogP contribution in [0.25, 0.3) is 11.3 Å². The summed E-state index contributed by atoms with van der Waals surface area (Å²) in [4.78, 5) is 15.0. The Morgan fingerprint density at radius 3 is 2.59 bits per heavy atom. The molecule has 2 unspecified atom stereocenters. The molecule has 0 bridgehead atoms. The summed E-state index contributed by atoms with van der Waals surface area (Å²) in [5.41, 5.74) is 2.82. The second kappa shape index (κ2) is 10.4. The first-order valence-electron chi connectivity index (χ1n) is 11.3. The average molecular weight is 433 g/mol. The third-order valence-electron chi connectivity index (χ3n) is 6.00. The Hall–Kier alpha value is -3.28. The van der Waals surface area contributed by atoms with E-state index in [4.69, 9.17) is 0 Å². The van der Waals surface area contributed by atoms with Crippen molar-refractivity contribution in [2.75, 3.05) is 18.0 Å². The molecule has 2 aromatic carbocycles. The smallest absolute Gasteiger partial charge is 0.225 e. The van der Waals surface area contributed by atoms with Crippen LogP contribution in [0.4, 0.5) is 10.2 Å². The fourth-order valence-electron chi connectivity index (χ4n) is 4.13. The maximum Gasteiger partial charge on any atom is 0.225 e. The van der Waals surface area contributed by atoms with Gasteiger partial charge in [-0.3, -0.25) is 4.79 Å². The molecule has 5 nitrogen and oxygen atoms in total. The molecule has 0 spiro atoms. The van der Waals surface area contributed by atoms with Crippen LogP contribution in [0.15, 0.2) is 66.7 Å². The van der Waals surface area contributed by atoms with Gasteiger partial charge in [0.15, 0.2) is 5.82 Å². The van der Waals surface area contributed by atoms with E-state index in [1.807, 2.05) is 30.3 Å². The van der Waals surface area contributed by atoms with Crippen molar-refractivity contribution in [2.24, 2.45) is 5.92 Å². The number of nitrogens with one attached hydrogen (secondary N) is 1. The Balaban J connectivity index is 1.31. The maximum atomic E-state index is 13.1. The van der Waals surface area contributed by atoms with Crippen molar-refractivity contribution >= 4 is 11.7 Å². The van der Waals surface area contributed by atoms with Crippen LogP contribution in [0.2, 0.25) is 0 Å². The highest BCUT2D eigenvalue weighted by Crippen LogP contribution is 2.24. The number of aryl methyl sites for hydroxylation is 1. The largest absolute Gasteiger partial charge is 0.354 e. The van der Waals surface area contributed by atoms with Crippen LogP contribution in [0.5, 0.6) is 0 Å². The van der Waals surface area contributed by atoms with Crippen LogP contribution in [-0.2, 0) is 11.2 Å². The standard InChI is InChI=1S/C26H29FN4O/c1-19(9-10-20-6-3-2-4-7-20)28-26(32)22-8-5-17-31(18-22)25-16-15-24(29-30-25)21-11-13-23(27)14-12-21/h2-4,6-7,11-16,19,22H,5,8-10,17-18H2,1H3,(H,28,32). The van der Waals surface area contributed by atoms with Gasteiger partial charge in [0.2, 0.25) is 5.91 Å². The third kappa shape index (κ3) is 5.69. The number of carbonyl (C=O) groups excluding carboxylic acids is 1. The van der Waals surface area contributed by atoms with E-state index in [9.17, 15) is 9.18 Å². The molecular weight excluding hydrogens is 403 g/mol. The maximum absolute atomic E-state index is 13.1. The molecule has 0 radical (unpaired) electrons. The van der Waals surface area contributed by atoms with Crippen molar-refractivity contribution in [3.8, 4) is 11.3 Å². The first kappa shape index (κ1) is 21.9. The molecular formula is C26H29FN4O. The van der Waals surface area contributed by atoms with Crippen molar-refractivity contribution in [1.29, 1.82) is 0 Å². The average Bonchev–Trinajstić information content (AvgIpc) is 2.84. The number of hydrogen-bond donors (Lipinski definition) is 1. The van der Waals surface area contributed by atoms with Crippen molar-refractivity contribution in [3.63, 3.8) is 0 Å². The monoisotopic (exact) mass is 432 g/mol. The summed E-state index contributed by atoms with van der Waals surface area (Å²) >= 11 is 0. The predicted octanol–water partition coefficient (Wildman–Crippen LogP) is 4.64. The number of hydrogen-bond acceptors (Lipinski definition) is 4. The van der Waals surface area contributed by atoms with Gasteiger partial charge in [-0.15, -0.1) is 10.2 Å². The molecule has 6 heteroatoms. The summed E-state index contributed by atoms with van der Waals surface area (Å²) in [5, 5.41) is 11.9. The lowest BCUT2D eigenvalue weighted by Crippen LogP contribution is -2.45. The number of carbonyl (C=O) groups is 1. The minimum Gasteiger partial charge on any atom is -0.354 e. The number of rotatable bonds is 7. The highest BCUT2D eigenvalue weighted by molar-refractivity contribution is 5.79. The lowest BCUT2D eigenvalue weighted by atomic mass is 9.96. The van der Waals surface area contributed by atoms with Gasteiger partial charge < -0.3 is 10.2 Å². The van der Waals surface area contributed by atoms with E-state index in [1.54, 1.807) is 12.1 Å². The van der Waals surface area contributed by atoms with E-state index >= 15 is 0 Å². The van der Waals surface area contributed by atoms with Gasteiger partial charge in [-0.25, -0.2) is 4.39 Å². The molecule has 1 aliphatic heterocycles. The van der Waals surface area contributed by atoms with Crippen molar-refractivity contribution in [2.45, 2.75) is 38.6 Å². The lowest BCUT2D eigenvalue weighted by Gasteiger charge is -2.33.